The molecule has 6 nitrogen and oxygen atoms in total. The first kappa shape index (κ1) is 16.1. The molecule has 0 atom stereocenters. The summed E-state index contributed by atoms with van der Waals surface area (Å²) in [5.74, 6) is 1.03. The van der Waals surface area contributed by atoms with Gasteiger partial charge in [0.15, 0.2) is 0 Å². The van der Waals surface area contributed by atoms with E-state index < -0.39 is 0 Å². The Bertz CT molecular complexity index is 726. The van der Waals surface area contributed by atoms with Gasteiger partial charge in [0.05, 0.1) is 0 Å². The zero-order valence-corrected chi connectivity index (χ0v) is 14.6. The smallest absolute Gasteiger partial charge is 0.318 e. The number of carbonyl (C=O) groups is 1. The minimum atomic E-state index is 0.147. The molecular weight excluding hydrogens is 316 g/mol. The Morgan fingerprint density at radius 1 is 1.04 bits per heavy atom. The van der Waals surface area contributed by atoms with Crippen molar-refractivity contribution in [2.75, 3.05) is 31.1 Å². The average Bonchev–Trinajstić information content (AvgIpc) is 3.34. The predicted molar refractivity (Wildman–Crippen MR) is 95.2 cm³/mol. The second kappa shape index (κ2) is 6.86. The molecule has 0 radical (unpaired) electrons. The second-order valence-corrected chi connectivity index (χ2v) is 7.05. The van der Waals surface area contributed by atoms with Crippen molar-refractivity contribution in [1.82, 2.24) is 15.1 Å². The fourth-order valence-electron chi connectivity index (χ4n) is 3.67. The molecule has 2 aliphatic heterocycles. The van der Waals surface area contributed by atoms with Gasteiger partial charge in [0.1, 0.15) is 0 Å². The van der Waals surface area contributed by atoms with Gasteiger partial charge in [-0.2, -0.15) is 0 Å². The van der Waals surface area contributed by atoms with E-state index in [1.807, 2.05) is 29.2 Å². The molecule has 0 saturated carbocycles. The molecule has 2 saturated heterocycles. The van der Waals surface area contributed by atoms with E-state index in [-0.39, 0.29) is 5.92 Å². The maximum absolute atomic E-state index is 12.5. The van der Waals surface area contributed by atoms with Gasteiger partial charge in [-0.25, -0.2) is 0 Å². The summed E-state index contributed by atoms with van der Waals surface area (Å²) in [6, 6.07) is 8.62. The summed E-state index contributed by atoms with van der Waals surface area (Å²) in [6.45, 7) is 5.50. The molecule has 4 rings (SSSR count). The van der Waals surface area contributed by atoms with E-state index >= 15 is 0 Å². The normalized spacial score (nSPS) is 18.8. The number of aryl methyl sites for hydroxylation is 1. The quantitative estimate of drug-likeness (QED) is 0.860. The van der Waals surface area contributed by atoms with Crippen molar-refractivity contribution in [2.24, 2.45) is 5.92 Å². The highest BCUT2D eigenvalue weighted by Crippen LogP contribution is 2.27. The van der Waals surface area contributed by atoms with Gasteiger partial charge in [0.2, 0.25) is 11.8 Å². The zero-order chi connectivity index (χ0) is 17.2. The summed E-state index contributed by atoms with van der Waals surface area (Å²) in [7, 11) is 0. The van der Waals surface area contributed by atoms with Gasteiger partial charge in [-0.3, -0.25) is 4.79 Å². The SMILES string of the molecule is Cc1ccc(-c2nnc(N3CCC(C(=O)N4CCCC4)CC3)o2)cc1. The molecular formula is C19H24N4O2. The first-order valence-electron chi connectivity index (χ1n) is 9.15. The molecule has 1 amide bonds. The van der Waals surface area contributed by atoms with Crippen LogP contribution in [0, 0.1) is 12.8 Å². The van der Waals surface area contributed by atoms with Gasteiger partial charge in [-0.1, -0.05) is 22.8 Å². The van der Waals surface area contributed by atoms with Crippen molar-refractivity contribution < 1.29 is 9.21 Å². The number of carbonyl (C=O) groups excluding carboxylic acids is 1. The molecule has 6 heteroatoms. The van der Waals surface area contributed by atoms with Gasteiger partial charge in [-0.15, -0.1) is 5.10 Å². The summed E-state index contributed by atoms with van der Waals surface area (Å²) >= 11 is 0. The molecule has 0 bridgehead atoms. The van der Waals surface area contributed by atoms with Crippen LogP contribution in [0.3, 0.4) is 0 Å². The number of piperidine rings is 1. The Labute approximate surface area is 147 Å². The Morgan fingerprint density at radius 3 is 2.40 bits per heavy atom. The molecule has 1 aromatic carbocycles. The standard InChI is InChI=1S/C19H24N4O2/c1-14-4-6-15(7-5-14)17-20-21-19(25-17)23-12-8-16(9-13-23)18(24)22-10-2-3-11-22/h4-7,16H,2-3,8-13H2,1H3. The highest BCUT2D eigenvalue weighted by Gasteiger charge is 2.31. The van der Waals surface area contributed by atoms with E-state index in [2.05, 4.69) is 22.0 Å². The molecule has 25 heavy (non-hydrogen) atoms. The summed E-state index contributed by atoms with van der Waals surface area (Å²) in [4.78, 5) is 16.6. The van der Waals surface area contributed by atoms with Crippen LogP contribution in [0.5, 0.6) is 0 Å². The first-order valence-corrected chi connectivity index (χ1v) is 9.15. The van der Waals surface area contributed by atoms with Gasteiger partial charge >= 0.3 is 6.01 Å². The molecule has 132 valence electrons. The van der Waals surface area contributed by atoms with Gasteiger partial charge in [0, 0.05) is 37.7 Å². The van der Waals surface area contributed by atoms with E-state index in [1.54, 1.807) is 0 Å². The average molecular weight is 340 g/mol. The number of hydrogen-bond acceptors (Lipinski definition) is 5. The van der Waals surface area contributed by atoms with E-state index in [9.17, 15) is 4.79 Å². The Hall–Kier alpha value is -2.37. The van der Waals surface area contributed by atoms with Crippen molar-refractivity contribution >= 4 is 11.9 Å². The van der Waals surface area contributed by atoms with Crippen LogP contribution in [-0.2, 0) is 4.79 Å². The van der Waals surface area contributed by atoms with E-state index in [4.69, 9.17) is 4.42 Å². The van der Waals surface area contributed by atoms with Crippen molar-refractivity contribution in [1.29, 1.82) is 0 Å². The lowest BCUT2D eigenvalue weighted by Gasteiger charge is -2.31. The van der Waals surface area contributed by atoms with Crippen LogP contribution in [-0.4, -0.2) is 47.2 Å². The van der Waals surface area contributed by atoms with Gasteiger partial charge < -0.3 is 14.2 Å². The third kappa shape index (κ3) is 3.38. The molecule has 2 aromatic rings. The molecule has 0 unspecified atom stereocenters. The van der Waals surface area contributed by atoms with Crippen LogP contribution >= 0.6 is 0 Å². The maximum Gasteiger partial charge on any atom is 0.318 e. The molecule has 0 aliphatic carbocycles. The minimum Gasteiger partial charge on any atom is -0.403 e. The van der Waals surface area contributed by atoms with Gasteiger partial charge in [0.25, 0.3) is 0 Å². The van der Waals surface area contributed by atoms with Crippen LogP contribution in [0.2, 0.25) is 0 Å². The summed E-state index contributed by atoms with van der Waals surface area (Å²) in [5.41, 5.74) is 2.14. The number of nitrogens with zero attached hydrogens (tertiary/aromatic N) is 4. The molecule has 3 heterocycles. The van der Waals surface area contributed by atoms with Crippen molar-refractivity contribution in [3.63, 3.8) is 0 Å². The van der Waals surface area contributed by atoms with Crippen LogP contribution in [0.25, 0.3) is 11.5 Å². The first-order chi connectivity index (χ1) is 12.2. The highest BCUT2D eigenvalue weighted by molar-refractivity contribution is 5.79. The van der Waals surface area contributed by atoms with Gasteiger partial charge in [-0.05, 0) is 44.7 Å². The molecule has 0 N–H and O–H groups in total. The van der Waals surface area contributed by atoms with Crippen molar-refractivity contribution in [3.05, 3.63) is 29.8 Å². The third-order valence-corrected chi connectivity index (χ3v) is 5.25. The topological polar surface area (TPSA) is 62.5 Å². The largest absolute Gasteiger partial charge is 0.403 e. The number of rotatable bonds is 3. The lowest BCUT2D eigenvalue weighted by Crippen LogP contribution is -2.41. The second-order valence-electron chi connectivity index (χ2n) is 7.05. The Kier molecular flexibility index (Phi) is 4.42. The Balaban J connectivity index is 1.38. The van der Waals surface area contributed by atoms with Crippen LogP contribution in [0.4, 0.5) is 6.01 Å². The van der Waals surface area contributed by atoms with E-state index in [0.717, 1.165) is 57.4 Å². The fraction of sp³-hybridized carbons (Fsp3) is 0.526. The summed E-state index contributed by atoms with van der Waals surface area (Å²) < 4.78 is 5.85. The molecule has 2 aliphatic rings. The van der Waals surface area contributed by atoms with Crippen LogP contribution in [0.1, 0.15) is 31.2 Å². The van der Waals surface area contributed by atoms with Crippen molar-refractivity contribution in [2.45, 2.75) is 32.6 Å². The lowest BCUT2D eigenvalue weighted by atomic mass is 9.95. The lowest BCUT2D eigenvalue weighted by molar-refractivity contribution is -0.135. The summed E-state index contributed by atoms with van der Waals surface area (Å²) in [5, 5.41) is 8.37. The predicted octanol–water partition coefficient (Wildman–Crippen LogP) is 2.88. The highest BCUT2D eigenvalue weighted by atomic mass is 16.4. The Morgan fingerprint density at radius 2 is 1.72 bits per heavy atom. The number of aromatic nitrogens is 2. The summed E-state index contributed by atoms with van der Waals surface area (Å²) in [6.07, 6.45) is 4.01. The monoisotopic (exact) mass is 340 g/mol. The van der Waals surface area contributed by atoms with E-state index in [1.165, 1.54) is 5.56 Å². The number of anilines is 1. The maximum atomic E-state index is 12.5. The fourth-order valence-corrected chi connectivity index (χ4v) is 3.67. The van der Waals surface area contributed by atoms with Crippen molar-refractivity contribution in [3.8, 4) is 11.5 Å². The molecule has 0 spiro atoms. The number of likely N-dealkylation sites (tertiary alicyclic amines) is 1. The number of amides is 1. The number of hydrogen-bond donors (Lipinski definition) is 0. The van der Waals surface area contributed by atoms with Crippen LogP contribution < -0.4 is 4.90 Å². The zero-order valence-electron chi connectivity index (χ0n) is 14.6. The molecule has 1 aromatic heterocycles. The third-order valence-electron chi connectivity index (χ3n) is 5.25. The molecule has 2 fully saturated rings. The van der Waals surface area contributed by atoms with Crippen LogP contribution in [0.15, 0.2) is 28.7 Å². The number of benzene rings is 1. The minimum absolute atomic E-state index is 0.147. The van der Waals surface area contributed by atoms with E-state index in [0.29, 0.717) is 17.8 Å².